The molecule has 5 aliphatic rings. The molecule has 0 saturated carbocycles. The highest BCUT2D eigenvalue weighted by Crippen LogP contribution is 2.20. The van der Waals surface area contributed by atoms with Crippen molar-refractivity contribution in [2.24, 2.45) is 29.6 Å². The monoisotopic (exact) mass is 1140 g/mol. The molecule has 5 fully saturated rings. The van der Waals surface area contributed by atoms with Gasteiger partial charge in [0.1, 0.15) is 24.4 Å². The van der Waals surface area contributed by atoms with Crippen molar-refractivity contribution < 1.29 is 137 Å². The van der Waals surface area contributed by atoms with Crippen molar-refractivity contribution in [3.63, 3.8) is 0 Å². The second kappa shape index (κ2) is 45.8. The lowest BCUT2D eigenvalue weighted by molar-refractivity contribution is -0.165. The van der Waals surface area contributed by atoms with Gasteiger partial charge in [-0.3, -0.25) is 0 Å². The van der Waals surface area contributed by atoms with Crippen molar-refractivity contribution in [1.82, 2.24) is 16.0 Å². The van der Waals surface area contributed by atoms with Crippen molar-refractivity contribution in [2.75, 3.05) is 72.3 Å². The van der Waals surface area contributed by atoms with Gasteiger partial charge in [0.15, 0.2) is 24.4 Å². The first kappa shape index (κ1) is 86.9. The van der Waals surface area contributed by atoms with E-state index in [1.54, 1.807) is 13.8 Å². The lowest BCUT2D eigenvalue weighted by Gasteiger charge is -2.32. The number of aliphatic carboxylic acids is 4. The van der Waals surface area contributed by atoms with Gasteiger partial charge in [-0.1, -0.05) is 37.1 Å². The number of hydrogen-bond acceptors (Lipinski definition) is 28. The molecule has 0 amide bonds. The molecule has 0 aliphatic carbocycles. The summed E-state index contributed by atoms with van der Waals surface area (Å²) in [5.41, 5.74) is 0. The number of carboxylic acids is 4. The first-order chi connectivity index (χ1) is 33.5. The number of nitrogens with one attached hydrogen (secondary N) is 3. The van der Waals surface area contributed by atoms with Gasteiger partial charge in [-0.15, -0.1) is 0 Å². The highest BCUT2D eigenvalue weighted by molar-refractivity contribution is 5.83. The molecule has 0 aromatic carbocycles. The van der Waals surface area contributed by atoms with Crippen LogP contribution in [0.2, 0.25) is 0 Å². The summed E-state index contributed by atoms with van der Waals surface area (Å²) < 4.78 is 10.1. The van der Waals surface area contributed by atoms with E-state index in [0.717, 1.165) is 0 Å². The zero-order valence-corrected chi connectivity index (χ0v) is 39.1. The van der Waals surface area contributed by atoms with Gasteiger partial charge in [0, 0.05) is 76.8 Å². The molecule has 0 radical (unpaired) electrons. The number of carboxylic acid groups (broad SMARTS) is 4. The highest BCUT2D eigenvalue weighted by Gasteiger charge is 2.38. The van der Waals surface area contributed by atoms with Crippen molar-refractivity contribution in [2.45, 2.75) is 149 Å². The summed E-state index contributed by atoms with van der Waals surface area (Å²) in [6, 6.07) is 3.74. The molecule has 0 spiro atoms. The Balaban J connectivity index is -0.000000121. The molecule has 5 rings (SSSR count). The minimum atomic E-state index is -2.27. The molecular weight excluding hydrogens is 1040 g/mol. The number of rotatable bonds is 9. The minimum absolute atomic E-state index is 0. The van der Waals surface area contributed by atoms with E-state index < -0.39 is 121 Å². The lowest BCUT2D eigenvalue weighted by atomic mass is 9.94. The van der Waals surface area contributed by atoms with Gasteiger partial charge in [-0.2, -0.15) is 10.5 Å². The molecule has 77 heavy (non-hydrogen) atoms. The summed E-state index contributed by atoms with van der Waals surface area (Å²) >= 11 is 0. The molecule has 21 atom stereocenters. The lowest BCUT2D eigenvalue weighted by Crippen LogP contribution is -2.51. The number of ether oxygens (including phenoxy) is 2. The van der Waals surface area contributed by atoms with E-state index >= 15 is 0 Å². The maximum atomic E-state index is 9.77. The van der Waals surface area contributed by atoms with E-state index in [9.17, 15) is 54.9 Å². The molecule has 5 heterocycles. The van der Waals surface area contributed by atoms with E-state index in [-0.39, 0.29) is 102 Å². The van der Waals surface area contributed by atoms with Crippen LogP contribution in [0.5, 0.6) is 0 Å². The number of piperidine rings is 3. The summed E-state index contributed by atoms with van der Waals surface area (Å²) in [6.45, 7) is 6.49. The number of hydrogen-bond donors (Lipinski definition) is 24. The standard InChI is InChI=1S/2C7H11NO3.3C6H13NO3.2C4H6O6.5CH4/c2*1-4-6(9)7(10)5(2-8)3-11-4;3*8-3-4-1-7-2-5(9)6(4)10;2*5-1(3(7)8)2(6)4(9)10;;;;;/h2*4-7,9-10H,3H2,1H3;3*4-10H,1-3H2;2*1-2,5-6H,(H,7,8)(H,9,10);5*1H4/p+1/t2*4-,5+,6+,7+;3*4-,5-,6-;2*1-,2-;;;;;/m0011111...../s1. The van der Waals surface area contributed by atoms with Crippen LogP contribution >= 0.6 is 0 Å². The molecule has 24 N–H and O–H groups in total. The average molecular weight is 1140 g/mol. The van der Waals surface area contributed by atoms with Crippen molar-refractivity contribution >= 4 is 23.9 Å². The Labute approximate surface area is 449 Å². The van der Waals surface area contributed by atoms with Crippen LogP contribution in [0.25, 0.3) is 0 Å². The zero-order valence-electron chi connectivity index (χ0n) is 40.1. The number of nitriles is 2. The Morgan fingerprint density at radius 1 is 0.442 bits per heavy atom. The summed E-state index contributed by atoms with van der Waals surface area (Å²) in [7, 11) is 0. The summed E-state index contributed by atoms with van der Waals surface area (Å²) in [5.74, 6) is -8.92. The number of aliphatic hydroxyl groups is 17. The minimum Gasteiger partial charge on any atom is -0.479 e. The Bertz CT molecular complexity index is 1470. The summed E-state index contributed by atoms with van der Waals surface area (Å²) in [4.78, 5) is 39.1. The molecule has 0 unspecified atom stereocenters. The van der Waals surface area contributed by atoms with E-state index in [0.29, 0.717) is 39.3 Å². The molecule has 32 nitrogen and oxygen atoms in total. The molecular formula is C45H94N5O27+. The Hall–Kier alpha value is -4.02. The predicted molar refractivity (Wildman–Crippen MR) is 269 cm³/mol. The Kier molecular flexibility index (Phi) is 51.7. The maximum absolute atomic E-state index is 9.77. The van der Waals surface area contributed by atoms with Crippen molar-refractivity contribution in [1.29, 1.82) is 10.5 Å². The fourth-order valence-corrected chi connectivity index (χ4v) is 6.14. The number of nitrogens with zero attached hydrogens (tertiary/aromatic N) is 2. The first-order valence-corrected chi connectivity index (χ1v) is 21.9. The van der Waals surface area contributed by atoms with Crippen LogP contribution in [0, 0.1) is 52.3 Å². The summed E-state index contributed by atoms with van der Waals surface area (Å²) in [5, 5.41) is 208. The normalized spacial score (nSPS) is 33.2. The SMILES string of the molecule is C.C.C.C.C.C[C@@H]1OC[C@@H](C#N)[C@@H](O)[C@@H]1O.C[C@@H]1OC[C@@H](C#N)[C@@H](O)[C@@H]1O.O=C(O)[C@H](O)[C@@H](O)C(=O)O.O=C(O)[C@H](O)[C@@H](O)C(=O)O.OC[C@H]1CNC[C@@H](O)[C@@H]1O.OC[C@H]1CNC[C@@H](O)[C@@H]1O.OC[C@H]1CNC[C@@H](O)[C@@H]1O.[H+]. The van der Waals surface area contributed by atoms with Crippen molar-refractivity contribution in [3.05, 3.63) is 0 Å². The second-order valence-corrected chi connectivity index (χ2v) is 16.6. The molecule has 5 saturated heterocycles. The van der Waals surface area contributed by atoms with Gasteiger partial charge in [0.25, 0.3) is 0 Å². The molecule has 460 valence electrons. The number of aliphatic hydroxyl groups excluding tert-OH is 17. The molecule has 0 aromatic rings. The van der Waals surface area contributed by atoms with E-state index in [1.165, 1.54) is 0 Å². The van der Waals surface area contributed by atoms with Gasteiger partial charge in [0.2, 0.25) is 0 Å². The van der Waals surface area contributed by atoms with Gasteiger partial charge in [-0.25, -0.2) is 19.2 Å². The van der Waals surface area contributed by atoms with Crippen LogP contribution < -0.4 is 16.0 Å². The zero-order chi connectivity index (χ0) is 56.2. The van der Waals surface area contributed by atoms with Crippen LogP contribution in [-0.4, -0.2) is 301 Å². The number of β-amino-alcohol motifs (C(OH)–C–C–N with tert-alkyl or cyclic N) is 3. The van der Waals surface area contributed by atoms with E-state index in [1.807, 2.05) is 12.1 Å². The van der Waals surface area contributed by atoms with E-state index in [4.69, 9.17) is 91.5 Å². The Morgan fingerprint density at radius 2 is 0.649 bits per heavy atom. The smallest absolute Gasteiger partial charge is 0.479 e. The van der Waals surface area contributed by atoms with E-state index in [2.05, 4.69) is 16.0 Å². The number of carbonyl (C=O) groups is 4. The molecule has 5 aliphatic heterocycles. The van der Waals surface area contributed by atoms with Gasteiger partial charge in [-0.05, 0) is 13.8 Å². The quantitative estimate of drug-likeness (QED) is 0.102. The fraction of sp³-hybridized carbons (Fsp3) is 0.867. The first-order valence-electron chi connectivity index (χ1n) is 21.9. The summed E-state index contributed by atoms with van der Waals surface area (Å²) in [6.07, 6.45) is -18.1. The van der Waals surface area contributed by atoms with Crippen LogP contribution in [0.15, 0.2) is 0 Å². The Morgan fingerprint density at radius 3 is 0.805 bits per heavy atom. The third-order valence-electron chi connectivity index (χ3n) is 11.1. The largest absolute Gasteiger partial charge is 1.00 e. The maximum Gasteiger partial charge on any atom is 1.00 e. The van der Waals surface area contributed by atoms with Gasteiger partial charge in [0.05, 0.1) is 86.0 Å². The van der Waals surface area contributed by atoms with Gasteiger partial charge >= 0.3 is 25.3 Å². The molecule has 32 heteroatoms. The highest BCUT2D eigenvalue weighted by atomic mass is 16.5. The topological polar surface area (TPSA) is 595 Å². The van der Waals surface area contributed by atoms with Crippen LogP contribution in [0.1, 0.15) is 52.4 Å². The van der Waals surface area contributed by atoms with Crippen LogP contribution in [0.3, 0.4) is 0 Å². The van der Waals surface area contributed by atoms with Crippen LogP contribution in [-0.2, 0) is 28.7 Å². The molecule has 0 bridgehead atoms. The third kappa shape index (κ3) is 31.4. The van der Waals surface area contributed by atoms with Crippen LogP contribution in [0.4, 0.5) is 0 Å². The second-order valence-electron chi connectivity index (χ2n) is 16.6. The average Bonchev–Trinajstić information content (AvgIpc) is 3.35. The van der Waals surface area contributed by atoms with Gasteiger partial charge < -0.3 is 133 Å². The fourth-order valence-electron chi connectivity index (χ4n) is 6.14. The third-order valence-corrected chi connectivity index (χ3v) is 11.1. The predicted octanol–water partition coefficient (Wildman–Crippen LogP) is -8.66. The molecule has 0 aromatic heterocycles. The van der Waals surface area contributed by atoms with Crippen molar-refractivity contribution in [3.8, 4) is 12.1 Å².